The second-order valence-corrected chi connectivity index (χ2v) is 7.28. The molecule has 0 radical (unpaired) electrons. The molecule has 26 heavy (non-hydrogen) atoms. The van der Waals surface area contributed by atoms with Gasteiger partial charge in [-0.25, -0.2) is 0 Å². The van der Waals surface area contributed by atoms with Crippen molar-refractivity contribution in [1.29, 1.82) is 0 Å². The molecule has 1 aromatic carbocycles. The molecule has 3 atom stereocenters. The van der Waals surface area contributed by atoms with Crippen LogP contribution in [0.25, 0.3) is 0 Å². The molecule has 4 heteroatoms. The van der Waals surface area contributed by atoms with E-state index in [0.717, 1.165) is 5.57 Å². The van der Waals surface area contributed by atoms with Crippen molar-refractivity contribution in [3.8, 4) is 11.5 Å². The first-order valence-electron chi connectivity index (χ1n) is 8.73. The quantitative estimate of drug-likeness (QED) is 0.889. The minimum atomic E-state index is -0.953. The SMILES string of the molecule is C=CC1=CC[C@H]2C(=O)C(C)=C(C)C(=O)[C@@]2(C)[C@H]1c1ccc(OC)cc1O. The third-order valence-corrected chi connectivity index (χ3v) is 6.11. The molecular weight excluding hydrogens is 328 g/mol. The molecule has 2 aliphatic rings. The number of rotatable bonds is 3. The summed E-state index contributed by atoms with van der Waals surface area (Å²) in [4.78, 5) is 26.3. The van der Waals surface area contributed by atoms with Gasteiger partial charge in [0.1, 0.15) is 11.5 Å². The van der Waals surface area contributed by atoms with Crippen LogP contribution in [-0.4, -0.2) is 23.8 Å². The lowest BCUT2D eigenvalue weighted by Crippen LogP contribution is -2.50. The fraction of sp³-hybridized carbons (Fsp3) is 0.364. The molecule has 1 aromatic rings. The monoisotopic (exact) mass is 352 g/mol. The highest BCUT2D eigenvalue weighted by molar-refractivity contribution is 6.15. The van der Waals surface area contributed by atoms with Crippen LogP contribution in [-0.2, 0) is 9.59 Å². The highest BCUT2D eigenvalue weighted by Crippen LogP contribution is 2.57. The van der Waals surface area contributed by atoms with Crippen molar-refractivity contribution in [2.45, 2.75) is 33.1 Å². The number of ketones is 2. The Bertz CT molecular complexity index is 874. The Morgan fingerprint density at radius 3 is 2.54 bits per heavy atom. The Hall–Kier alpha value is -2.62. The van der Waals surface area contributed by atoms with Gasteiger partial charge in [0, 0.05) is 23.5 Å². The van der Waals surface area contributed by atoms with Crippen molar-refractivity contribution >= 4 is 11.6 Å². The van der Waals surface area contributed by atoms with Gasteiger partial charge in [0.25, 0.3) is 0 Å². The zero-order valence-electron chi connectivity index (χ0n) is 15.6. The summed E-state index contributed by atoms with van der Waals surface area (Å²) < 4.78 is 5.17. The standard InChI is InChI=1S/C22H24O4/c1-6-14-7-10-17-20(24)12(2)13(3)21(25)22(17,4)19(14)16-9-8-15(26-5)11-18(16)23/h6-9,11,17,19,23H,1,10H2,2-5H3/t17-,19+,22+/m0/s1. The smallest absolute Gasteiger partial charge is 0.166 e. The number of phenolic OH excluding ortho intramolecular Hbond substituents is 1. The highest BCUT2D eigenvalue weighted by Gasteiger charge is 2.56. The number of Topliss-reactive ketones (excluding diaryl/α,β-unsaturated/α-hetero) is 2. The third-order valence-electron chi connectivity index (χ3n) is 6.11. The molecule has 0 amide bonds. The number of hydrogen-bond donors (Lipinski definition) is 1. The van der Waals surface area contributed by atoms with Crippen molar-refractivity contribution in [2.24, 2.45) is 11.3 Å². The van der Waals surface area contributed by atoms with E-state index >= 15 is 0 Å². The van der Waals surface area contributed by atoms with Gasteiger partial charge in [-0.15, -0.1) is 0 Å². The predicted octanol–water partition coefficient (Wildman–Crippen LogP) is 4.11. The van der Waals surface area contributed by atoms with E-state index < -0.39 is 17.3 Å². The number of fused-ring (bicyclic) bond motifs is 1. The topological polar surface area (TPSA) is 63.6 Å². The summed E-state index contributed by atoms with van der Waals surface area (Å²) in [5.41, 5.74) is 1.57. The number of methoxy groups -OCH3 is 1. The second kappa shape index (κ2) is 6.27. The summed E-state index contributed by atoms with van der Waals surface area (Å²) in [6.45, 7) is 9.17. The first kappa shape index (κ1) is 18.2. The van der Waals surface area contributed by atoms with Crippen molar-refractivity contribution in [2.75, 3.05) is 7.11 Å². The number of allylic oxidation sites excluding steroid dienone is 5. The molecular formula is C22H24O4. The Kier molecular flexibility index (Phi) is 4.39. The van der Waals surface area contributed by atoms with Gasteiger partial charge in [-0.05, 0) is 43.1 Å². The van der Waals surface area contributed by atoms with Crippen LogP contribution in [0.1, 0.15) is 38.7 Å². The number of carbonyl (C=O) groups is 2. The van der Waals surface area contributed by atoms with Gasteiger partial charge < -0.3 is 9.84 Å². The Morgan fingerprint density at radius 2 is 1.96 bits per heavy atom. The summed E-state index contributed by atoms with van der Waals surface area (Å²) in [6, 6.07) is 5.06. The van der Waals surface area contributed by atoms with Gasteiger partial charge >= 0.3 is 0 Å². The summed E-state index contributed by atoms with van der Waals surface area (Å²) in [5, 5.41) is 10.6. The molecule has 0 spiro atoms. The Morgan fingerprint density at radius 1 is 1.27 bits per heavy atom. The molecule has 0 saturated heterocycles. The van der Waals surface area contributed by atoms with Crippen LogP contribution in [0, 0.1) is 11.3 Å². The number of hydrogen-bond acceptors (Lipinski definition) is 4. The number of benzene rings is 1. The molecule has 0 unspecified atom stereocenters. The van der Waals surface area contributed by atoms with Crippen LogP contribution >= 0.6 is 0 Å². The van der Waals surface area contributed by atoms with Crippen molar-refractivity contribution in [3.63, 3.8) is 0 Å². The van der Waals surface area contributed by atoms with Crippen LogP contribution in [0.2, 0.25) is 0 Å². The van der Waals surface area contributed by atoms with Crippen LogP contribution in [0.15, 0.2) is 53.6 Å². The number of aromatic hydroxyl groups is 1. The molecule has 0 bridgehead atoms. The first-order valence-corrected chi connectivity index (χ1v) is 8.73. The fourth-order valence-electron chi connectivity index (χ4n) is 4.45. The van der Waals surface area contributed by atoms with E-state index in [2.05, 4.69) is 6.58 Å². The van der Waals surface area contributed by atoms with Gasteiger partial charge in [0.15, 0.2) is 11.6 Å². The molecule has 1 N–H and O–H groups in total. The van der Waals surface area contributed by atoms with Gasteiger partial charge in [-0.3, -0.25) is 9.59 Å². The summed E-state index contributed by atoms with van der Waals surface area (Å²) in [7, 11) is 1.53. The molecule has 0 saturated carbocycles. The normalized spacial score (nSPS) is 28.5. The van der Waals surface area contributed by atoms with E-state index in [9.17, 15) is 14.7 Å². The molecule has 2 aliphatic carbocycles. The minimum absolute atomic E-state index is 0.0157. The van der Waals surface area contributed by atoms with E-state index in [1.54, 1.807) is 32.1 Å². The Balaban J connectivity index is 2.26. The average Bonchev–Trinajstić information content (AvgIpc) is 2.64. The van der Waals surface area contributed by atoms with Gasteiger partial charge in [0.05, 0.1) is 12.5 Å². The van der Waals surface area contributed by atoms with Gasteiger partial charge in [-0.1, -0.05) is 31.7 Å². The van der Waals surface area contributed by atoms with Crippen molar-refractivity contribution in [1.82, 2.24) is 0 Å². The maximum atomic E-state index is 13.3. The zero-order valence-corrected chi connectivity index (χ0v) is 15.6. The van der Waals surface area contributed by atoms with Crippen LogP contribution < -0.4 is 4.74 Å². The van der Waals surface area contributed by atoms with E-state index in [1.165, 1.54) is 13.2 Å². The van der Waals surface area contributed by atoms with Gasteiger partial charge in [-0.2, -0.15) is 0 Å². The molecule has 0 aliphatic heterocycles. The lowest BCUT2D eigenvalue weighted by molar-refractivity contribution is -0.138. The predicted molar refractivity (Wildman–Crippen MR) is 100 cm³/mol. The zero-order chi connectivity index (χ0) is 19.2. The van der Waals surface area contributed by atoms with Crippen molar-refractivity contribution in [3.05, 3.63) is 59.2 Å². The Labute approximate surface area is 153 Å². The highest BCUT2D eigenvalue weighted by atomic mass is 16.5. The van der Waals surface area contributed by atoms with E-state index in [1.807, 2.05) is 13.0 Å². The molecule has 0 fully saturated rings. The van der Waals surface area contributed by atoms with Crippen LogP contribution in [0.3, 0.4) is 0 Å². The second-order valence-electron chi connectivity index (χ2n) is 7.28. The average molecular weight is 352 g/mol. The summed E-state index contributed by atoms with van der Waals surface area (Å²) in [5.74, 6) is -0.314. The molecule has 3 rings (SSSR count). The number of phenols is 1. The van der Waals surface area contributed by atoms with Gasteiger partial charge in [0.2, 0.25) is 0 Å². The van der Waals surface area contributed by atoms with E-state index in [-0.39, 0.29) is 17.3 Å². The van der Waals surface area contributed by atoms with Crippen LogP contribution in [0.4, 0.5) is 0 Å². The molecule has 4 nitrogen and oxygen atoms in total. The number of ether oxygens (including phenoxy) is 1. The molecule has 136 valence electrons. The largest absolute Gasteiger partial charge is 0.508 e. The molecule has 0 aromatic heterocycles. The number of carbonyl (C=O) groups excluding carboxylic acids is 2. The summed E-state index contributed by atoms with van der Waals surface area (Å²) in [6.07, 6.45) is 4.18. The van der Waals surface area contributed by atoms with E-state index in [4.69, 9.17) is 4.74 Å². The van der Waals surface area contributed by atoms with Crippen LogP contribution in [0.5, 0.6) is 11.5 Å². The maximum absolute atomic E-state index is 13.3. The first-order chi connectivity index (χ1) is 12.3. The lowest BCUT2D eigenvalue weighted by atomic mass is 9.52. The lowest BCUT2D eigenvalue weighted by Gasteiger charge is -2.48. The minimum Gasteiger partial charge on any atom is -0.508 e. The summed E-state index contributed by atoms with van der Waals surface area (Å²) >= 11 is 0. The fourth-order valence-corrected chi connectivity index (χ4v) is 4.45. The van der Waals surface area contributed by atoms with Crippen molar-refractivity contribution < 1.29 is 19.4 Å². The molecule has 0 heterocycles. The van der Waals surface area contributed by atoms with E-state index in [0.29, 0.717) is 28.9 Å². The third kappa shape index (κ3) is 2.36. The maximum Gasteiger partial charge on any atom is 0.166 e.